The Kier molecular flexibility index (Phi) is 8.70. The molecule has 2 N–H and O–H groups in total. The van der Waals surface area contributed by atoms with E-state index in [1.165, 1.54) is 4.31 Å². The zero-order valence-electron chi connectivity index (χ0n) is 19.0. The van der Waals surface area contributed by atoms with Crippen molar-refractivity contribution in [2.45, 2.75) is 38.3 Å². The number of anilines is 1. The van der Waals surface area contributed by atoms with Crippen LogP contribution >= 0.6 is 0 Å². The third-order valence-electron chi connectivity index (χ3n) is 4.74. The van der Waals surface area contributed by atoms with Crippen molar-refractivity contribution in [1.82, 2.24) is 9.62 Å². The molecule has 0 saturated carbocycles. The van der Waals surface area contributed by atoms with Crippen molar-refractivity contribution < 1.29 is 17.9 Å². The average Bonchev–Trinajstić information content (AvgIpc) is 2.76. The predicted molar refractivity (Wildman–Crippen MR) is 125 cm³/mol. The van der Waals surface area contributed by atoms with Crippen molar-refractivity contribution in [3.63, 3.8) is 0 Å². The first-order valence-corrected chi connectivity index (χ1v) is 11.5. The number of rotatable bonds is 9. The highest BCUT2D eigenvalue weighted by Gasteiger charge is 2.22. The first-order valence-electron chi connectivity index (χ1n) is 10.1. The van der Waals surface area contributed by atoms with Gasteiger partial charge in [-0.2, -0.15) is 4.31 Å². The lowest BCUT2D eigenvalue weighted by Crippen LogP contribution is -2.33. The summed E-state index contributed by atoms with van der Waals surface area (Å²) in [6, 6.07) is 12.3. The van der Waals surface area contributed by atoms with E-state index in [0.29, 0.717) is 30.6 Å². The van der Waals surface area contributed by atoms with Gasteiger partial charge in [0.15, 0.2) is 17.5 Å². The summed E-state index contributed by atoms with van der Waals surface area (Å²) in [5, 5.41) is 6.43. The molecule has 0 spiro atoms. The molecule has 2 aromatic carbocycles. The van der Waals surface area contributed by atoms with Crippen molar-refractivity contribution >= 4 is 21.7 Å². The fourth-order valence-corrected chi connectivity index (χ4v) is 4.12. The molecule has 31 heavy (non-hydrogen) atoms. The summed E-state index contributed by atoms with van der Waals surface area (Å²) in [4.78, 5) is 4.51. The highest BCUT2D eigenvalue weighted by Crippen LogP contribution is 2.30. The maximum atomic E-state index is 12.6. The topological polar surface area (TPSA) is 92.3 Å². The largest absolute Gasteiger partial charge is 0.493 e. The molecule has 0 heterocycles. The van der Waals surface area contributed by atoms with Gasteiger partial charge in [0, 0.05) is 38.4 Å². The molecule has 9 heteroatoms. The van der Waals surface area contributed by atoms with Gasteiger partial charge in [0.1, 0.15) is 0 Å². The standard InChI is InChI=1S/C22H32N4O4S/c1-7-30-21-14-18(10-13-20(21)29-6)25-22(23-4)24-15-17-8-11-19(12-9-17)31(27,28)26(5)16(2)3/h8-14,16H,7,15H2,1-6H3,(H2,23,24,25). The minimum absolute atomic E-state index is 0.109. The Morgan fingerprint density at radius 2 is 1.81 bits per heavy atom. The lowest BCUT2D eigenvalue weighted by molar-refractivity contribution is 0.311. The van der Waals surface area contributed by atoms with Gasteiger partial charge in [-0.3, -0.25) is 4.99 Å². The number of aliphatic imine (C=N–C) groups is 1. The number of guanidine groups is 1. The number of hydrogen-bond donors (Lipinski definition) is 2. The van der Waals surface area contributed by atoms with E-state index in [1.807, 2.05) is 39.0 Å². The summed E-state index contributed by atoms with van der Waals surface area (Å²) in [5.74, 6) is 1.88. The highest BCUT2D eigenvalue weighted by molar-refractivity contribution is 7.89. The molecule has 2 aromatic rings. The van der Waals surface area contributed by atoms with Crippen LogP contribution in [0.2, 0.25) is 0 Å². The Bertz CT molecular complexity index is 989. The van der Waals surface area contributed by atoms with Crippen LogP contribution < -0.4 is 20.1 Å². The van der Waals surface area contributed by atoms with E-state index in [-0.39, 0.29) is 10.9 Å². The second-order valence-corrected chi connectivity index (χ2v) is 9.11. The zero-order chi connectivity index (χ0) is 23.0. The molecular weight excluding hydrogens is 416 g/mol. The molecule has 0 aromatic heterocycles. The van der Waals surface area contributed by atoms with Crippen LogP contribution in [0.3, 0.4) is 0 Å². The van der Waals surface area contributed by atoms with Crippen molar-refractivity contribution in [2.75, 3.05) is 33.1 Å². The highest BCUT2D eigenvalue weighted by atomic mass is 32.2. The number of benzene rings is 2. The van der Waals surface area contributed by atoms with Crippen LogP contribution in [0.1, 0.15) is 26.3 Å². The molecule has 0 bridgehead atoms. The van der Waals surface area contributed by atoms with E-state index >= 15 is 0 Å². The first kappa shape index (κ1) is 24.5. The lowest BCUT2D eigenvalue weighted by Gasteiger charge is -2.21. The normalized spacial score (nSPS) is 12.2. The third-order valence-corrected chi connectivity index (χ3v) is 6.79. The molecule has 0 aliphatic rings. The number of ether oxygens (including phenoxy) is 2. The van der Waals surface area contributed by atoms with Gasteiger partial charge < -0.3 is 20.1 Å². The molecule has 0 radical (unpaired) electrons. The summed E-state index contributed by atoms with van der Waals surface area (Å²) in [6.45, 7) is 6.61. The molecule has 0 amide bonds. The number of hydrogen-bond acceptors (Lipinski definition) is 5. The molecule has 0 atom stereocenters. The van der Waals surface area contributed by atoms with Gasteiger partial charge in [-0.05, 0) is 50.6 Å². The van der Waals surface area contributed by atoms with Crippen LogP contribution in [0.4, 0.5) is 5.69 Å². The third kappa shape index (κ3) is 6.35. The Morgan fingerprint density at radius 3 is 2.35 bits per heavy atom. The molecule has 0 aliphatic carbocycles. The van der Waals surface area contributed by atoms with E-state index in [1.54, 1.807) is 45.5 Å². The van der Waals surface area contributed by atoms with Gasteiger partial charge in [-0.25, -0.2) is 8.42 Å². The van der Waals surface area contributed by atoms with Crippen molar-refractivity contribution in [3.05, 3.63) is 48.0 Å². The zero-order valence-corrected chi connectivity index (χ0v) is 19.8. The van der Waals surface area contributed by atoms with Gasteiger partial charge >= 0.3 is 0 Å². The van der Waals surface area contributed by atoms with E-state index in [2.05, 4.69) is 15.6 Å². The minimum atomic E-state index is -3.49. The summed E-state index contributed by atoms with van der Waals surface area (Å²) < 4.78 is 37.4. The SMILES string of the molecule is CCOc1cc(NC(=NC)NCc2ccc(S(=O)(=O)N(C)C(C)C)cc2)ccc1OC. The molecular formula is C22H32N4O4S. The Hall–Kier alpha value is -2.78. The molecule has 0 saturated heterocycles. The first-order chi connectivity index (χ1) is 14.7. The number of sulfonamides is 1. The summed E-state index contributed by atoms with van der Waals surface area (Å²) in [7, 11) is 1.37. The van der Waals surface area contributed by atoms with E-state index in [4.69, 9.17) is 9.47 Å². The van der Waals surface area contributed by atoms with Gasteiger partial charge in [0.05, 0.1) is 18.6 Å². The number of nitrogens with one attached hydrogen (secondary N) is 2. The minimum Gasteiger partial charge on any atom is -0.493 e. The lowest BCUT2D eigenvalue weighted by atomic mass is 10.2. The molecule has 8 nitrogen and oxygen atoms in total. The van der Waals surface area contributed by atoms with Crippen LogP contribution in [0, 0.1) is 0 Å². The van der Waals surface area contributed by atoms with Crippen LogP contribution in [0.15, 0.2) is 52.4 Å². The fraction of sp³-hybridized carbons (Fsp3) is 0.409. The number of nitrogens with zero attached hydrogens (tertiary/aromatic N) is 2. The van der Waals surface area contributed by atoms with Crippen LogP contribution in [-0.4, -0.2) is 52.5 Å². The van der Waals surface area contributed by atoms with Gasteiger partial charge in [-0.15, -0.1) is 0 Å². The fourth-order valence-electron chi connectivity index (χ4n) is 2.75. The monoisotopic (exact) mass is 448 g/mol. The summed E-state index contributed by atoms with van der Waals surface area (Å²) in [6.07, 6.45) is 0. The Morgan fingerprint density at radius 1 is 1.13 bits per heavy atom. The Balaban J connectivity index is 2.04. The second-order valence-electron chi connectivity index (χ2n) is 7.11. The van der Waals surface area contributed by atoms with Gasteiger partial charge in [-0.1, -0.05) is 12.1 Å². The maximum absolute atomic E-state index is 12.6. The molecule has 170 valence electrons. The molecule has 0 aliphatic heterocycles. The molecule has 0 fully saturated rings. The molecule has 2 rings (SSSR count). The van der Waals surface area contributed by atoms with Crippen LogP contribution in [0.5, 0.6) is 11.5 Å². The van der Waals surface area contributed by atoms with Gasteiger partial charge in [0.2, 0.25) is 10.0 Å². The van der Waals surface area contributed by atoms with E-state index < -0.39 is 10.0 Å². The van der Waals surface area contributed by atoms with Gasteiger partial charge in [0.25, 0.3) is 0 Å². The quantitative estimate of drug-likeness (QED) is 0.452. The van der Waals surface area contributed by atoms with Crippen molar-refractivity contribution in [3.8, 4) is 11.5 Å². The number of methoxy groups -OCH3 is 1. The van der Waals surface area contributed by atoms with E-state index in [0.717, 1.165) is 11.3 Å². The molecule has 0 unspecified atom stereocenters. The summed E-state index contributed by atoms with van der Waals surface area (Å²) in [5.41, 5.74) is 1.73. The average molecular weight is 449 g/mol. The van der Waals surface area contributed by atoms with Crippen LogP contribution in [-0.2, 0) is 16.6 Å². The van der Waals surface area contributed by atoms with Crippen molar-refractivity contribution in [1.29, 1.82) is 0 Å². The predicted octanol–water partition coefficient (Wildman–Crippen LogP) is 3.31. The summed E-state index contributed by atoms with van der Waals surface area (Å²) >= 11 is 0. The Labute approximate surface area is 185 Å². The van der Waals surface area contributed by atoms with Crippen LogP contribution in [0.25, 0.3) is 0 Å². The maximum Gasteiger partial charge on any atom is 0.243 e. The second kappa shape index (κ2) is 11.0. The van der Waals surface area contributed by atoms with Crippen molar-refractivity contribution in [2.24, 2.45) is 4.99 Å². The smallest absolute Gasteiger partial charge is 0.243 e. The van der Waals surface area contributed by atoms with E-state index in [9.17, 15) is 8.42 Å².